The minimum Gasteiger partial charge on any atom is -0.355 e. The highest BCUT2D eigenvalue weighted by Crippen LogP contribution is 2.26. The molecular weight excluding hydrogens is 320 g/mol. The van der Waals surface area contributed by atoms with Gasteiger partial charge in [0.25, 0.3) is 5.91 Å². The van der Waals surface area contributed by atoms with Crippen molar-refractivity contribution < 1.29 is 9.59 Å². The fraction of sp³-hybridized carbons (Fsp3) is 0.333. The van der Waals surface area contributed by atoms with Crippen LogP contribution in [-0.2, 0) is 4.79 Å². The van der Waals surface area contributed by atoms with Crippen LogP contribution in [0.2, 0.25) is 5.02 Å². The molecule has 0 bridgehead atoms. The molecule has 0 aliphatic rings. The van der Waals surface area contributed by atoms with Gasteiger partial charge in [-0.25, -0.2) is 0 Å². The van der Waals surface area contributed by atoms with E-state index in [1.807, 2.05) is 0 Å². The highest BCUT2D eigenvalue weighted by atomic mass is 79.9. The number of hydrogen-bond donors (Lipinski definition) is 2. The molecule has 0 radical (unpaired) electrons. The van der Waals surface area contributed by atoms with Gasteiger partial charge < -0.3 is 10.6 Å². The number of anilines is 1. The van der Waals surface area contributed by atoms with Crippen molar-refractivity contribution in [2.75, 3.05) is 12.4 Å². The molecule has 6 heteroatoms. The SMILES string of the molecule is CNC(=O)c1ccc(Cl)c(NC(=O)C(C)(C)Br)c1. The molecule has 1 aromatic rings. The Labute approximate surface area is 119 Å². The first-order valence-electron chi connectivity index (χ1n) is 5.27. The maximum Gasteiger partial charge on any atom is 0.251 e. The van der Waals surface area contributed by atoms with Gasteiger partial charge >= 0.3 is 0 Å². The van der Waals surface area contributed by atoms with E-state index in [2.05, 4.69) is 26.6 Å². The van der Waals surface area contributed by atoms with Crippen LogP contribution < -0.4 is 10.6 Å². The van der Waals surface area contributed by atoms with E-state index < -0.39 is 4.32 Å². The van der Waals surface area contributed by atoms with Gasteiger partial charge in [0.15, 0.2) is 0 Å². The minimum absolute atomic E-state index is 0.236. The lowest BCUT2D eigenvalue weighted by Crippen LogP contribution is -2.31. The van der Waals surface area contributed by atoms with E-state index in [1.54, 1.807) is 26.0 Å². The van der Waals surface area contributed by atoms with E-state index in [4.69, 9.17) is 11.6 Å². The Bertz CT molecular complexity index is 483. The van der Waals surface area contributed by atoms with Crippen LogP contribution in [0.4, 0.5) is 5.69 Å². The summed E-state index contributed by atoms with van der Waals surface area (Å²) in [7, 11) is 1.54. The molecule has 0 aliphatic carbocycles. The van der Waals surface area contributed by atoms with Crippen molar-refractivity contribution in [3.8, 4) is 0 Å². The van der Waals surface area contributed by atoms with Crippen molar-refractivity contribution in [3.05, 3.63) is 28.8 Å². The average molecular weight is 334 g/mol. The van der Waals surface area contributed by atoms with Crippen LogP contribution in [0.1, 0.15) is 24.2 Å². The summed E-state index contributed by atoms with van der Waals surface area (Å²) < 4.78 is -0.709. The fourth-order valence-corrected chi connectivity index (χ4v) is 1.44. The second-order valence-electron chi connectivity index (χ2n) is 4.20. The van der Waals surface area contributed by atoms with Crippen molar-refractivity contribution in [1.82, 2.24) is 5.32 Å². The standard InChI is InChI=1S/C12H14BrClN2O2/c1-12(2,13)11(18)16-9-6-7(10(17)15-3)4-5-8(9)14/h4-6H,1-3H3,(H,15,17)(H,16,18). The summed E-state index contributed by atoms with van der Waals surface area (Å²) in [5.41, 5.74) is 0.847. The Morgan fingerprint density at radius 1 is 1.33 bits per heavy atom. The monoisotopic (exact) mass is 332 g/mol. The summed E-state index contributed by atoms with van der Waals surface area (Å²) >= 11 is 9.23. The summed E-state index contributed by atoms with van der Waals surface area (Å²) in [5, 5.41) is 5.56. The molecule has 2 N–H and O–H groups in total. The second-order valence-corrected chi connectivity index (χ2v) is 6.59. The Balaban J connectivity index is 3.02. The third-order valence-corrected chi connectivity index (χ3v) is 2.93. The van der Waals surface area contributed by atoms with Crippen LogP contribution in [0.25, 0.3) is 0 Å². The number of halogens is 2. The molecule has 0 heterocycles. The Hall–Kier alpha value is -1.07. The molecule has 0 atom stereocenters. The molecule has 0 saturated carbocycles. The van der Waals surface area contributed by atoms with Crippen molar-refractivity contribution in [3.63, 3.8) is 0 Å². The summed E-state index contributed by atoms with van der Waals surface area (Å²) in [6, 6.07) is 4.71. The first-order valence-corrected chi connectivity index (χ1v) is 6.45. The van der Waals surface area contributed by atoms with Crippen LogP contribution in [0.3, 0.4) is 0 Å². The number of rotatable bonds is 3. The maximum atomic E-state index is 11.8. The average Bonchev–Trinajstić information content (AvgIpc) is 2.29. The van der Waals surface area contributed by atoms with Crippen molar-refractivity contribution >= 4 is 45.0 Å². The van der Waals surface area contributed by atoms with Crippen LogP contribution in [0.5, 0.6) is 0 Å². The second kappa shape index (κ2) is 5.71. The molecule has 0 saturated heterocycles. The Morgan fingerprint density at radius 2 is 1.94 bits per heavy atom. The molecule has 0 aromatic heterocycles. The maximum absolute atomic E-state index is 11.8. The Morgan fingerprint density at radius 3 is 2.44 bits per heavy atom. The first-order chi connectivity index (χ1) is 8.25. The lowest BCUT2D eigenvalue weighted by Gasteiger charge is -2.17. The highest BCUT2D eigenvalue weighted by molar-refractivity contribution is 9.10. The molecular formula is C12H14BrClN2O2. The zero-order valence-corrected chi connectivity index (χ0v) is 12.6. The number of carbonyl (C=O) groups excluding carboxylic acids is 2. The predicted octanol–water partition coefficient (Wildman–Crippen LogP) is 2.81. The molecule has 0 fully saturated rings. The molecule has 0 unspecified atom stereocenters. The van der Waals surface area contributed by atoms with Crippen molar-refractivity contribution in [1.29, 1.82) is 0 Å². The normalized spacial score (nSPS) is 10.9. The molecule has 18 heavy (non-hydrogen) atoms. The highest BCUT2D eigenvalue weighted by Gasteiger charge is 2.24. The summed E-state index contributed by atoms with van der Waals surface area (Å²) in [6.07, 6.45) is 0. The molecule has 2 amide bonds. The van der Waals surface area contributed by atoms with E-state index in [9.17, 15) is 9.59 Å². The van der Waals surface area contributed by atoms with E-state index in [0.29, 0.717) is 16.3 Å². The molecule has 0 aliphatic heterocycles. The molecule has 1 rings (SSSR count). The first kappa shape index (κ1) is 15.0. The van der Waals surface area contributed by atoms with Gasteiger partial charge in [0.05, 0.1) is 15.0 Å². The van der Waals surface area contributed by atoms with Crippen LogP contribution in [-0.4, -0.2) is 23.2 Å². The van der Waals surface area contributed by atoms with Crippen LogP contribution in [0.15, 0.2) is 18.2 Å². The number of nitrogens with one attached hydrogen (secondary N) is 2. The number of alkyl halides is 1. The van der Waals surface area contributed by atoms with Gasteiger partial charge in [-0.2, -0.15) is 0 Å². The zero-order valence-electron chi connectivity index (χ0n) is 10.3. The van der Waals surface area contributed by atoms with Gasteiger partial charge in [0.2, 0.25) is 5.91 Å². The van der Waals surface area contributed by atoms with E-state index in [0.717, 1.165) is 0 Å². The zero-order chi connectivity index (χ0) is 13.9. The van der Waals surface area contributed by atoms with E-state index in [1.165, 1.54) is 13.1 Å². The van der Waals surface area contributed by atoms with Crippen LogP contribution >= 0.6 is 27.5 Å². The van der Waals surface area contributed by atoms with Crippen LogP contribution in [0, 0.1) is 0 Å². The van der Waals surface area contributed by atoms with Gasteiger partial charge in [-0.05, 0) is 32.0 Å². The van der Waals surface area contributed by atoms with Gasteiger partial charge in [0, 0.05) is 12.6 Å². The van der Waals surface area contributed by atoms with Crippen molar-refractivity contribution in [2.45, 2.75) is 18.2 Å². The summed E-state index contributed by atoms with van der Waals surface area (Å²) in [4.78, 5) is 23.3. The van der Waals surface area contributed by atoms with Gasteiger partial charge in [-0.3, -0.25) is 9.59 Å². The summed E-state index contributed by atoms with van der Waals surface area (Å²) in [5.74, 6) is -0.473. The molecule has 98 valence electrons. The Kier molecular flexibility index (Phi) is 4.76. The predicted molar refractivity (Wildman–Crippen MR) is 76.5 cm³/mol. The third-order valence-electron chi connectivity index (χ3n) is 2.24. The lowest BCUT2D eigenvalue weighted by atomic mass is 10.1. The lowest BCUT2D eigenvalue weighted by molar-refractivity contribution is -0.117. The number of hydrogen-bond acceptors (Lipinski definition) is 2. The van der Waals surface area contributed by atoms with E-state index in [-0.39, 0.29) is 11.8 Å². The third kappa shape index (κ3) is 3.71. The minimum atomic E-state index is -0.709. The smallest absolute Gasteiger partial charge is 0.251 e. The van der Waals surface area contributed by atoms with Gasteiger partial charge in [-0.1, -0.05) is 27.5 Å². The van der Waals surface area contributed by atoms with Gasteiger partial charge in [-0.15, -0.1) is 0 Å². The number of carbonyl (C=O) groups is 2. The largest absolute Gasteiger partial charge is 0.355 e. The molecule has 1 aromatic carbocycles. The van der Waals surface area contributed by atoms with Crippen molar-refractivity contribution in [2.24, 2.45) is 0 Å². The van der Waals surface area contributed by atoms with E-state index >= 15 is 0 Å². The number of amides is 2. The quantitative estimate of drug-likeness (QED) is 0.836. The molecule has 4 nitrogen and oxygen atoms in total. The molecule has 0 spiro atoms. The summed E-state index contributed by atoms with van der Waals surface area (Å²) in [6.45, 7) is 3.44. The number of benzene rings is 1. The van der Waals surface area contributed by atoms with Gasteiger partial charge in [0.1, 0.15) is 0 Å². The topological polar surface area (TPSA) is 58.2 Å². The fourth-order valence-electron chi connectivity index (χ4n) is 1.18.